The van der Waals surface area contributed by atoms with Gasteiger partial charge in [-0.15, -0.1) is 0 Å². The van der Waals surface area contributed by atoms with E-state index in [1.807, 2.05) is 31.3 Å². The SMILES string of the molecule is CNCCc1ccccc1C1(F)CC1. The molecule has 1 aromatic rings. The van der Waals surface area contributed by atoms with Crippen molar-refractivity contribution >= 4 is 0 Å². The van der Waals surface area contributed by atoms with E-state index in [1.54, 1.807) is 0 Å². The van der Waals surface area contributed by atoms with Crippen molar-refractivity contribution in [3.05, 3.63) is 35.4 Å². The van der Waals surface area contributed by atoms with E-state index in [-0.39, 0.29) is 0 Å². The molecule has 2 rings (SSSR count). The number of hydrogen-bond donors (Lipinski definition) is 1. The molecule has 1 aromatic carbocycles. The van der Waals surface area contributed by atoms with Crippen LogP contribution in [0.15, 0.2) is 24.3 Å². The Labute approximate surface area is 84.3 Å². The molecule has 2 heteroatoms. The van der Waals surface area contributed by atoms with Gasteiger partial charge in [0.2, 0.25) is 0 Å². The Hall–Kier alpha value is -0.890. The molecule has 1 aliphatic carbocycles. The average Bonchev–Trinajstić information content (AvgIpc) is 2.95. The van der Waals surface area contributed by atoms with Crippen LogP contribution < -0.4 is 5.32 Å². The van der Waals surface area contributed by atoms with Gasteiger partial charge in [0, 0.05) is 0 Å². The van der Waals surface area contributed by atoms with Crippen LogP contribution in [0, 0.1) is 0 Å². The van der Waals surface area contributed by atoms with Gasteiger partial charge in [-0.2, -0.15) is 0 Å². The number of rotatable bonds is 4. The fraction of sp³-hybridized carbons (Fsp3) is 0.500. The summed E-state index contributed by atoms with van der Waals surface area (Å²) in [5, 5.41) is 3.09. The molecular formula is C12H16FN. The quantitative estimate of drug-likeness (QED) is 0.774. The van der Waals surface area contributed by atoms with E-state index in [4.69, 9.17) is 0 Å². The minimum atomic E-state index is -0.996. The number of benzene rings is 1. The smallest absolute Gasteiger partial charge is 0.136 e. The average molecular weight is 193 g/mol. The topological polar surface area (TPSA) is 12.0 Å². The molecule has 0 radical (unpaired) electrons. The Kier molecular flexibility index (Phi) is 2.55. The first-order chi connectivity index (χ1) is 6.76. The highest BCUT2D eigenvalue weighted by atomic mass is 19.1. The highest BCUT2D eigenvalue weighted by molar-refractivity contribution is 5.36. The third-order valence-electron chi connectivity index (χ3n) is 2.83. The molecule has 0 aromatic heterocycles. The van der Waals surface area contributed by atoms with Gasteiger partial charge in [0.15, 0.2) is 0 Å². The summed E-state index contributed by atoms with van der Waals surface area (Å²) in [6.45, 7) is 0.910. The Morgan fingerprint density at radius 2 is 2.07 bits per heavy atom. The van der Waals surface area contributed by atoms with Gasteiger partial charge in [-0.3, -0.25) is 0 Å². The third-order valence-corrected chi connectivity index (χ3v) is 2.83. The first kappa shape index (κ1) is 9.66. The first-order valence-corrected chi connectivity index (χ1v) is 5.18. The predicted octanol–water partition coefficient (Wildman–Crippen LogP) is 2.41. The zero-order valence-corrected chi connectivity index (χ0v) is 8.52. The number of halogens is 1. The molecule has 0 atom stereocenters. The molecular weight excluding hydrogens is 177 g/mol. The van der Waals surface area contributed by atoms with Crippen molar-refractivity contribution in [1.82, 2.24) is 5.32 Å². The lowest BCUT2D eigenvalue weighted by Crippen LogP contribution is -2.13. The van der Waals surface area contributed by atoms with Gasteiger partial charge in [-0.1, -0.05) is 24.3 Å². The third kappa shape index (κ3) is 1.80. The van der Waals surface area contributed by atoms with Crippen LogP contribution in [0.3, 0.4) is 0 Å². The van der Waals surface area contributed by atoms with Crippen molar-refractivity contribution in [2.75, 3.05) is 13.6 Å². The second-order valence-electron chi connectivity index (χ2n) is 3.98. The lowest BCUT2D eigenvalue weighted by molar-refractivity contribution is 0.315. The molecule has 0 heterocycles. The van der Waals surface area contributed by atoms with Gasteiger partial charge in [-0.05, 0) is 44.0 Å². The van der Waals surface area contributed by atoms with E-state index in [0.29, 0.717) is 12.8 Å². The van der Waals surface area contributed by atoms with Gasteiger partial charge in [-0.25, -0.2) is 4.39 Å². The van der Waals surface area contributed by atoms with Crippen molar-refractivity contribution in [3.8, 4) is 0 Å². The largest absolute Gasteiger partial charge is 0.319 e. The van der Waals surface area contributed by atoms with Crippen LogP contribution in [0.1, 0.15) is 24.0 Å². The summed E-state index contributed by atoms with van der Waals surface area (Å²) in [7, 11) is 1.92. The standard InChI is InChI=1S/C12H16FN/c1-14-9-6-10-4-2-3-5-11(10)12(13)7-8-12/h2-5,14H,6-9H2,1H3. The van der Waals surface area contributed by atoms with Gasteiger partial charge >= 0.3 is 0 Å². The number of hydrogen-bond acceptors (Lipinski definition) is 1. The number of nitrogens with one attached hydrogen (secondary N) is 1. The van der Waals surface area contributed by atoms with Crippen LogP contribution in [0.25, 0.3) is 0 Å². The summed E-state index contributed by atoms with van der Waals surface area (Å²) in [5.74, 6) is 0. The van der Waals surface area contributed by atoms with Crippen LogP contribution in [0.2, 0.25) is 0 Å². The molecule has 1 aliphatic rings. The van der Waals surface area contributed by atoms with Gasteiger partial charge in [0.1, 0.15) is 5.67 Å². The second kappa shape index (κ2) is 3.70. The zero-order chi connectivity index (χ0) is 10.0. The molecule has 0 spiro atoms. The van der Waals surface area contributed by atoms with Crippen LogP contribution in [-0.2, 0) is 12.1 Å². The van der Waals surface area contributed by atoms with Gasteiger partial charge < -0.3 is 5.32 Å². The molecule has 0 unspecified atom stereocenters. The predicted molar refractivity (Wildman–Crippen MR) is 56.1 cm³/mol. The van der Waals surface area contributed by atoms with E-state index in [1.165, 1.54) is 0 Å². The fourth-order valence-corrected chi connectivity index (χ4v) is 1.81. The maximum atomic E-state index is 13.9. The molecule has 0 aliphatic heterocycles. The maximum absolute atomic E-state index is 13.9. The lowest BCUT2D eigenvalue weighted by Gasteiger charge is -2.11. The fourth-order valence-electron chi connectivity index (χ4n) is 1.81. The minimum absolute atomic E-state index is 0.698. The van der Waals surface area contributed by atoms with Crippen molar-refractivity contribution in [3.63, 3.8) is 0 Å². The molecule has 1 saturated carbocycles. The first-order valence-electron chi connectivity index (χ1n) is 5.18. The molecule has 0 amide bonds. The monoisotopic (exact) mass is 193 g/mol. The van der Waals surface area contributed by atoms with Gasteiger partial charge in [0.05, 0.1) is 0 Å². The van der Waals surface area contributed by atoms with Gasteiger partial charge in [0.25, 0.3) is 0 Å². The van der Waals surface area contributed by atoms with Crippen molar-refractivity contribution in [2.45, 2.75) is 24.9 Å². The van der Waals surface area contributed by atoms with Crippen molar-refractivity contribution < 1.29 is 4.39 Å². The summed E-state index contributed by atoms with van der Waals surface area (Å²) < 4.78 is 13.9. The van der Waals surface area contributed by atoms with Crippen LogP contribution in [0.4, 0.5) is 4.39 Å². The Morgan fingerprint density at radius 3 is 2.71 bits per heavy atom. The van der Waals surface area contributed by atoms with Crippen LogP contribution in [0.5, 0.6) is 0 Å². The Balaban J connectivity index is 2.20. The summed E-state index contributed by atoms with van der Waals surface area (Å²) in [6.07, 6.45) is 2.31. The Morgan fingerprint density at radius 1 is 1.36 bits per heavy atom. The molecule has 76 valence electrons. The molecule has 1 N–H and O–H groups in total. The number of alkyl halides is 1. The van der Waals surface area contributed by atoms with Crippen molar-refractivity contribution in [2.24, 2.45) is 0 Å². The zero-order valence-electron chi connectivity index (χ0n) is 8.52. The van der Waals surface area contributed by atoms with E-state index in [2.05, 4.69) is 5.32 Å². The summed E-state index contributed by atoms with van der Waals surface area (Å²) >= 11 is 0. The van der Waals surface area contributed by atoms with Crippen LogP contribution >= 0.6 is 0 Å². The van der Waals surface area contributed by atoms with E-state index in [0.717, 1.165) is 24.1 Å². The molecule has 0 saturated heterocycles. The summed E-state index contributed by atoms with van der Waals surface area (Å²) in [5.41, 5.74) is 1.07. The molecule has 1 fully saturated rings. The maximum Gasteiger partial charge on any atom is 0.136 e. The van der Waals surface area contributed by atoms with Crippen molar-refractivity contribution in [1.29, 1.82) is 0 Å². The van der Waals surface area contributed by atoms with E-state index in [9.17, 15) is 4.39 Å². The lowest BCUT2D eigenvalue weighted by atomic mass is 9.99. The summed E-state index contributed by atoms with van der Waals surface area (Å²) in [4.78, 5) is 0. The molecule has 1 nitrogen and oxygen atoms in total. The van der Waals surface area contributed by atoms with E-state index >= 15 is 0 Å². The minimum Gasteiger partial charge on any atom is -0.319 e. The Bertz CT molecular complexity index is 318. The highest BCUT2D eigenvalue weighted by Gasteiger charge is 2.45. The molecule has 0 bridgehead atoms. The van der Waals surface area contributed by atoms with Crippen LogP contribution in [-0.4, -0.2) is 13.6 Å². The normalized spacial score (nSPS) is 18.1. The second-order valence-corrected chi connectivity index (χ2v) is 3.98. The molecule has 14 heavy (non-hydrogen) atoms. The van der Waals surface area contributed by atoms with E-state index < -0.39 is 5.67 Å². The number of likely N-dealkylation sites (N-methyl/N-ethyl adjacent to an activating group) is 1. The highest BCUT2D eigenvalue weighted by Crippen LogP contribution is 2.50. The summed E-state index contributed by atoms with van der Waals surface area (Å²) in [6, 6.07) is 7.88.